The molecule has 0 bridgehead atoms. The fourth-order valence-electron chi connectivity index (χ4n) is 2.10. The van der Waals surface area contributed by atoms with Crippen LogP contribution in [0.5, 0.6) is 5.75 Å². The zero-order valence-corrected chi connectivity index (χ0v) is 11.3. The number of halogens is 1. The molecule has 2 amide bonds. The lowest BCUT2D eigenvalue weighted by molar-refractivity contribution is -0.125. The van der Waals surface area contributed by atoms with Gasteiger partial charge in [0.2, 0.25) is 5.91 Å². The number of rotatable bonds is 6. The molecule has 0 aromatic heterocycles. The van der Waals surface area contributed by atoms with E-state index in [2.05, 4.69) is 0 Å². The molecule has 0 aliphatic carbocycles. The Balaban J connectivity index is 1.90. The van der Waals surface area contributed by atoms with Crippen molar-refractivity contribution < 1.29 is 18.7 Å². The van der Waals surface area contributed by atoms with Crippen molar-refractivity contribution >= 4 is 11.8 Å². The van der Waals surface area contributed by atoms with E-state index in [1.54, 1.807) is 24.3 Å². The number of nitrogens with zero attached hydrogens (tertiary/aromatic N) is 1. The molecule has 5 heteroatoms. The van der Waals surface area contributed by atoms with Crippen molar-refractivity contribution in [2.24, 2.45) is 0 Å². The Morgan fingerprint density at radius 1 is 1.25 bits per heavy atom. The molecule has 1 heterocycles. The highest BCUT2D eigenvalue weighted by atomic mass is 19.1. The standard InChI is InChI=1S/C15H18FNO3/c16-9-1-2-11-20-13-7-5-12(6-8-13)15(19)17-10-3-4-14(17)18/h5-8H,1-4,9-11H2. The summed E-state index contributed by atoms with van der Waals surface area (Å²) >= 11 is 0. The van der Waals surface area contributed by atoms with Gasteiger partial charge in [-0.2, -0.15) is 0 Å². The SMILES string of the molecule is O=C1CCCN1C(=O)c1ccc(OCCCCF)cc1. The molecular formula is C15H18FNO3. The van der Waals surface area contributed by atoms with Crippen molar-refractivity contribution in [3.63, 3.8) is 0 Å². The minimum absolute atomic E-state index is 0.110. The number of ether oxygens (including phenoxy) is 1. The summed E-state index contributed by atoms with van der Waals surface area (Å²) in [5, 5.41) is 0. The van der Waals surface area contributed by atoms with Crippen LogP contribution in [-0.2, 0) is 4.79 Å². The summed E-state index contributed by atoms with van der Waals surface area (Å²) in [5.41, 5.74) is 0.483. The first-order chi connectivity index (χ1) is 9.72. The molecule has 1 aliphatic heterocycles. The Morgan fingerprint density at radius 3 is 2.60 bits per heavy atom. The number of carbonyl (C=O) groups is 2. The van der Waals surface area contributed by atoms with Crippen LogP contribution in [0.2, 0.25) is 0 Å². The van der Waals surface area contributed by atoms with Gasteiger partial charge >= 0.3 is 0 Å². The number of hydrogen-bond acceptors (Lipinski definition) is 3. The maximum Gasteiger partial charge on any atom is 0.260 e. The van der Waals surface area contributed by atoms with E-state index in [1.807, 2.05) is 0 Å². The molecule has 4 nitrogen and oxygen atoms in total. The third-order valence-electron chi connectivity index (χ3n) is 3.22. The maximum absolute atomic E-state index is 12.1. The predicted octanol–water partition coefficient (Wildman–Crippen LogP) is 2.58. The average Bonchev–Trinajstić information content (AvgIpc) is 2.90. The molecule has 2 rings (SSSR count). The number of benzene rings is 1. The van der Waals surface area contributed by atoms with Gasteiger partial charge in [-0.15, -0.1) is 0 Å². The number of unbranched alkanes of at least 4 members (excludes halogenated alkanes) is 1. The molecule has 0 radical (unpaired) electrons. The van der Waals surface area contributed by atoms with Gasteiger partial charge in [0.1, 0.15) is 5.75 Å². The fraction of sp³-hybridized carbons (Fsp3) is 0.467. The van der Waals surface area contributed by atoms with Crippen LogP contribution in [0, 0.1) is 0 Å². The summed E-state index contributed by atoms with van der Waals surface area (Å²) in [6, 6.07) is 6.70. The van der Waals surface area contributed by atoms with E-state index in [0.717, 1.165) is 6.42 Å². The van der Waals surface area contributed by atoms with E-state index in [1.165, 1.54) is 4.90 Å². The number of imide groups is 1. The number of likely N-dealkylation sites (tertiary alicyclic amines) is 1. The quantitative estimate of drug-likeness (QED) is 0.594. The molecular weight excluding hydrogens is 261 g/mol. The van der Waals surface area contributed by atoms with Gasteiger partial charge in [0.15, 0.2) is 0 Å². The van der Waals surface area contributed by atoms with Crippen molar-refractivity contribution in [1.82, 2.24) is 4.90 Å². The van der Waals surface area contributed by atoms with E-state index < -0.39 is 0 Å². The minimum atomic E-state index is -0.333. The molecule has 108 valence electrons. The first kappa shape index (κ1) is 14.5. The van der Waals surface area contributed by atoms with Crippen LogP contribution < -0.4 is 4.74 Å². The van der Waals surface area contributed by atoms with E-state index >= 15 is 0 Å². The second-order valence-corrected chi connectivity index (χ2v) is 4.72. The van der Waals surface area contributed by atoms with Gasteiger partial charge in [-0.25, -0.2) is 0 Å². The number of amides is 2. The Kier molecular flexibility index (Phi) is 5.09. The topological polar surface area (TPSA) is 46.6 Å². The Morgan fingerprint density at radius 2 is 2.00 bits per heavy atom. The van der Waals surface area contributed by atoms with Crippen molar-refractivity contribution in [2.45, 2.75) is 25.7 Å². The largest absolute Gasteiger partial charge is 0.494 e. The van der Waals surface area contributed by atoms with Gasteiger partial charge in [-0.05, 0) is 43.5 Å². The summed E-state index contributed by atoms with van der Waals surface area (Å²) in [6.07, 6.45) is 2.34. The summed E-state index contributed by atoms with van der Waals surface area (Å²) in [6.45, 7) is 0.627. The Hall–Kier alpha value is -1.91. The van der Waals surface area contributed by atoms with Gasteiger partial charge in [0.05, 0.1) is 13.3 Å². The summed E-state index contributed by atoms with van der Waals surface area (Å²) in [4.78, 5) is 24.9. The summed E-state index contributed by atoms with van der Waals surface area (Å²) < 4.78 is 17.3. The van der Waals surface area contributed by atoms with Crippen molar-refractivity contribution in [1.29, 1.82) is 0 Å². The molecule has 0 N–H and O–H groups in total. The lowest BCUT2D eigenvalue weighted by atomic mass is 10.2. The van der Waals surface area contributed by atoms with Crippen molar-refractivity contribution in [3.8, 4) is 5.75 Å². The van der Waals surface area contributed by atoms with Gasteiger partial charge in [0, 0.05) is 18.5 Å². The molecule has 1 aliphatic rings. The number of alkyl halides is 1. The maximum atomic E-state index is 12.1. The molecule has 0 spiro atoms. The molecule has 1 fully saturated rings. The van der Waals surface area contributed by atoms with Crippen LogP contribution in [0.15, 0.2) is 24.3 Å². The molecule has 20 heavy (non-hydrogen) atoms. The average molecular weight is 279 g/mol. The molecule has 0 unspecified atom stereocenters. The third kappa shape index (κ3) is 3.56. The highest BCUT2D eigenvalue weighted by Gasteiger charge is 2.27. The lowest BCUT2D eigenvalue weighted by Crippen LogP contribution is -2.31. The van der Waals surface area contributed by atoms with E-state index in [9.17, 15) is 14.0 Å². The molecule has 1 aromatic carbocycles. The zero-order valence-electron chi connectivity index (χ0n) is 11.3. The minimum Gasteiger partial charge on any atom is -0.494 e. The smallest absolute Gasteiger partial charge is 0.260 e. The van der Waals surface area contributed by atoms with Crippen molar-refractivity contribution in [2.75, 3.05) is 19.8 Å². The number of hydrogen-bond donors (Lipinski definition) is 0. The second kappa shape index (κ2) is 7.03. The van der Waals surface area contributed by atoms with E-state index in [-0.39, 0.29) is 18.5 Å². The molecule has 1 saturated heterocycles. The van der Waals surface area contributed by atoms with E-state index in [4.69, 9.17) is 4.74 Å². The van der Waals surface area contributed by atoms with Crippen LogP contribution >= 0.6 is 0 Å². The van der Waals surface area contributed by atoms with Crippen molar-refractivity contribution in [3.05, 3.63) is 29.8 Å². The fourth-order valence-corrected chi connectivity index (χ4v) is 2.10. The second-order valence-electron chi connectivity index (χ2n) is 4.72. The van der Waals surface area contributed by atoms with E-state index in [0.29, 0.717) is 43.7 Å². The highest BCUT2D eigenvalue weighted by Crippen LogP contribution is 2.17. The predicted molar refractivity (Wildman–Crippen MR) is 72.4 cm³/mol. The Bertz CT molecular complexity index is 473. The molecule has 1 aromatic rings. The normalized spacial score (nSPS) is 14.7. The van der Waals surface area contributed by atoms with Crippen LogP contribution in [0.25, 0.3) is 0 Å². The van der Waals surface area contributed by atoms with Gasteiger partial charge in [-0.3, -0.25) is 18.9 Å². The van der Waals surface area contributed by atoms with Gasteiger partial charge in [0.25, 0.3) is 5.91 Å². The van der Waals surface area contributed by atoms with Crippen LogP contribution in [0.4, 0.5) is 4.39 Å². The monoisotopic (exact) mass is 279 g/mol. The van der Waals surface area contributed by atoms with Gasteiger partial charge < -0.3 is 4.74 Å². The van der Waals surface area contributed by atoms with Crippen LogP contribution in [0.1, 0.15) is 36.0 Å². The summed E-state index contributed by atoms with van der Waals surface area (Å²) in [7, 11) is 0. The Labute approximate surface area is 117 Å². The number of carbonyl (C=O) groups excluding carboxylic acids is 2. The van der Waals surface area contributed by atoms with Crippen LogP contribution in [-0.4, -0.2) is 36.5 Å². The third-order valence-corrected chi connectivity index (χ3v) is 3.22. The molecule has 0 atom stereocenters. The zero-order chi connectivity index (χ0) is 14.4. The van der Waals surface area contributed by atoms with Crippen LogP contribution in [0.3, 0.4) is 0 Å². The first-order valence-electron chi connectivity index (χ1n) is 6.86. The first-order valence-corrected chi connectivity index (χ1v) is 6.86. The summed E-state index contributed by atoms with van der Waals surface area (Å²) in [5.74, 6) is 0.284. The molecule has 0 saturated carbocycles. The van der Waals surface area contributed by atoms with Gasteiger partial charge in [-0.1, -0.05) is 0 Å². The lowest BCUT2D eigenvalue weighted by Gasteiger charge is -2.13. The highest BCUT2D eigenvalue weighted by molar-refractivity contribution is 6.05.